The SMILES string of the molecule is CCCCN(C)C(=O)CC1C(=O)NCCN1Cc1ccc(OC)cc1OC. The van der Waals surface area contributed by atoms with Gasteiger partial charge in [-0.25, -0.2) is 0 Å². The van der Waals surface area contributed by atoms with Crippen LogP contribution < -0.4 is 14.8 Å². The van der Waals surface area contributed by atoms with Crippen LogP contribution in [0.1, 0.15) is 31.7 Å². The molecule has 1 N–H and O–H groups in total. The lowest BCUT2D eigenvalue weighted by atomic mass is 10.1. The fraction of sp³-hybridized carbons (Fsp3) is 0.600. The van der Waals surface area contributed by atoms with Crippen molar-refractivity contribution in [1.29, 1.82) is 0 Å². The third-order valence-electron chi connectivity index (χ3n) is 4.95. The van der Waals surface area contributed by atoms with Gasteiger partial charge in [0, 0.05) is 44.9 Å². The van der Waals surface area contributed by atoms with Crippen LogP contribution in [-0.2, 0) is 16.1 Å². The van der Waals surface area contributed by atoms with Crippen LogP contribution in [0.2, 0.25) is 0 Å². The van der Waals surface area contributed by atoms with Crippen LogP contribution in [0, 0.1) is 0 Å². The molecule has 1 saturated heterocycles. The number of hydrogen-bond donors (Lipinski definition) is 1. The molecule has 1 fully saturated rings. The van der Waals surface area contributed by atoms with Gasteiger partial charge >= 0.3 is 0 Å². The van der Waals surface area contributed by atoms with Gasteiger partial charge in [-0.1, -0.05) is 19.4 Å². The van der Waals surface area contributed by atoms with Gasteiger partial charge in [-0.2, -0.15) is 0 Å². The van der Waals surface area contributed by atoms with E-state index in [9.17, 15) is 9.59 Å². The van der Waals surface area contributed by atoms with Gasteiger partial charge < -0.3 is 19.7 Å². The van der Waals surface area contributed by atoms with Gasteiger partial charge in [0.1, 0.15) is 11.5 Å². The summed E-state index contributed by atoms with van der Waals surface area (Å²) >= 11 is 0. The largest absolute Gasteiger partial charge is 0.497 e. The normalized spacial score (nSPS) is 17.3. The molecule has 150 valence electrons. The minimum Gasteiger partial charge on any atom is -0.497 e. The fourth-order valence-corrected chi connectivity index (χ4v) is 3.22. The zero-order valence-electron chi connectivity index (χ0n) is 16.8. The maximum absolute atomic E-state index is 12.5. The van der Waals surface area contributed by atoms with Crippen molar-refractivity contribution < 1.29 is 19.1 Å². The highest BCUT2D eigenvalue weighted by Crippen LogP contribution is 2.27. The third kappa shape index (κ3) is 5.60. The molecule has 1 atom stereocenters. The molecule has 1 unspecified atom stereocenters. The number of methoxy groups -OCH3 is 2. The Morgan fingerprint density at radius 1 is 1.33 bits per heavy atom. The van der Waals surface area contributed by atoms with E-state index in [1.54, 1.807) is 26.2 Å². The highest BCUT2D eigenvalue weighted by Gasteiger charge is 2.32. The van der Waals surface area contributed by atoms with Gasteiger partial charge in [-0.15, -0.1) is 0 Å². The van der Waals surface area contributed by atoms with Crippen LogP contribution in [0.5, 0.6) is 11.5 Å². The summed E-state index contributed by atoms with van der Waals surface area (Å²) in [6.07, 6.45) is 2.18. The molecule has 0 saturated carbocycles. The second kappa shape index (κ2) is 10.2. The predicted molar refractivity (Wildman–Crippen MR) is 104 cm³/mol. The van der Waals surface area contributed by atoms with Crippen molar-refractivity contribution in [2.24, 2.45) is 0 Å². The van der Waals surface area contributed by atoms with E-state index < -0.39 is 6.04 Å². The van der Waals surface area contributed by atoms with E-state index in [4.69, 9.17) is 9.47 Å². The molecule has 0 bridgehead atoms. The first-order chi connectivity index (χ1) is 13.0. The van der Waals surface area contributed by atoms with Gasteiger partial charge in [0.2, 0.25) is 11.8 Å². The summed E-state index contributed by atoms with van der Waals surface area (Å²) in [7, 11) is 5.03. The summed E-state index contributed by atoms with van der Waals surface area (Å²) in [4.78, 5) is 28.8. The van der Waals surface area contributed by atoms with Crippen molar-refractivity contribution in [1.82, 2.24) is 15.1 Å². The van der Waals surface area contributed by atoms with Crippen molar-refractivity contribution in [3.63, 3.8) is 0 Å². The summed E-state index contributed by atoms with van der Waals surface area (Å²) in [5.41, 5.74) is 0.963. The standard InChI is InChI=1S/C20H31N3O4/c1-5-6-10-22(2)19(24)13-17-20(25)21-9-11-23(17)14-15-7-8-16(26-3)12-18(15)27-4/h7-8,12,17H,5-6,9-11,13-14H2,1-4H3,(H,21,25). The van der Waals surface area contributed by atoms with Crippen molar-refractivity contribution in [2.45, 2.75) is 38.8 Å². The van der Waals surface area contributed by atoms with Gasteiger partial charge in [0.05, 0.1) is 26.7 Å². The van der Waals surface area contributed by atoms with Crippen LogP contribution in [0.25, 0.3) is 0 Å². The molecule has 1 aromatic carbocycles. The highest BCUT2D eigenvalue weighted by molar-refractivity contribution is 5.88. The number of hydrogen-bond acceptors (Lipinski definition) is 5. The maximum Gasteiger partial charge on any atom is 0.237 e. The molecule has 1 heterocycles. The molecule has 7 nitrogen and oxygen atoms in total. The Morgan fingerprint density at radius 3 is 2.78 bits per heavy atom. The summed E-state index contributed by atoms with van der Waals surface area (Å²) < 4.78 is 10.7. The molecule has 7 heteroatoms. The van der Waals surface area contributed by atoms with Crippen molar-refractivity contribution in [3.8, 4) is 11.5 Å². The predicted octanol–water partition coefficient (Wildman–Crippen LogP) is 1.65. The Kier molecular flexibility index (Phi) is 7.91. The Balaban J connectivity index is 2.11. The summed E-state index contributed by atoms with van der Waals surface area (Å²) in [6, 6.07) is 5.18. The average molecular weight is 377 g/mol. The Bertz CT molecular complexity index is 650. The number of benzene rings is 1. The van der Waals surface area contributed by atoms with Crippen LogP contribution >= 0.6 is 0 Å². The lowest BCUT2D eigenvalue weighted by Gasteiger charge is -2.35. The molecular weight excluding hydrogens is 346 g/mol. The molecule has 1 aliphatic heterocycles. The van der Waals surface area contributed by atoms with E-state index in [2.05, 4.69) is 17.1 Å². The van der Waals surface area contributed by atoms with Crippen LogP contribution in [-0.4, -0.2) is 68.6 Å². The van der Waals surface area contributed by atoms with E-state index >= 15 is 0 Å². The maximum atomic E-state index is 12.5. The van der Waals surface area contributed by atoms with Gasteiger partial charge in [0.15, 0.2) is 0 Å². The molecular formula is C20H31N3O4. The molecule has 2 rings (SSSR count). The zero-order valence-corrected chi connectivity index (χ0v) is 16.8. The first-order valence-corrected chi connectivity index (χ1v) is 9.46. The number of piperazine rings is 1. The smallest absolute Gasteiger partial charge is 0.237 e. The second-order valence-corrected chi connectivity index (χ2v) is 6.83. The number of unbranched alkanes of at least 4 members (excludes halogenated alkanes) is 1. The van der Waals surface area contributed by atoms with Crippen molar-refractivity contribution in [2.75, 3.05) is 40.9 Å². The number of amides is 2. The molecule has 0 aromatic heterocycles. The molecule has 0 radical (unpaired) electrons. The average Bonchev–Trinajstić information content (AvgIpc) is 2.68. The number of nitrogens with one attached hydrogen (secondary N) is 1. The third-order valence-corrected chi connectivity index (χ3v) is 4.95. The second-order valence-electron chi connectivity index (χ2n) is 6.83. The Labute approximate surface area is 161 Å². The van der Waals surface area contributed by atoms with E-state index in [0.717, 1.165) is 30.7 Å². The van der Waals surface area contributed by atoms with E-state index in [-0.39, 0.29) is 18.2 Å². The van der Waals surface area contributed by atoms with E-state index in [1.165, 1.54) is 0 Å². The van der Waals surface area contributed by atoms with E-state index in [1.807, 2.05) is 18.2 Å². The lowest BCUT2D eigenvalue weighted by Crippen LogP contribution is -2.56. The summed E-state index contributed by atoms with van der Waals surface area (Å²) in [6.45, 7) is 4.62. The first kappa shape index (κ1) is 21.0. The van der Waals surface area contributed by atoms with Gasteiger partial charge in [0.25, 0.3) is 0 Å². The first-order valence-electron chi connectivity index (χ1n) is 9.46. The number of carbonyl (C=O) groups is 2. The molecule has 27 heavy (non-hydrogen) atoms. The minimum atomic E-state index is -0.470. The van der Waals surface area contributed by atoms with E-state index in [0.29, 0.717) is 25.4 Å². The molecule has 1 aromatic rings. The fourth-order valence-electron chi connectivity index (χ4n) is 3.22. The van der Waals surface area contributed by atoms with Gasteiger partial charge in [-0.05, 0) is 12.5 Å². The van der Waals surface area contributed by atoms with Gasteiger partial charge in [-0.3, -0.25) is 14.5 Å². The monoisotopic (exact) mass is 377 g/mol. The van der Waals surface area contributed by atoms with Crippen LogP contribution in [0.4, 0.5) is 0 Å². The molecule has 2 amide bonds. The highest BCUT2D eigenvalue weighted by atomic mass is 16.5. The van der Waals surface area contributed by atoms with Crippen LogP contribution in [0.3, 0.4) is 0 Å². The zero-order chi connectivity index (χ0) is 19.8. The minimum absolute atomic E-state index is 0.00260. The number of rotatable bonds is 9. The summed E-state index contributed by atoms with van der Waals surface area (Å²) in [5, 5.41) is 2.88. The Morgan fingerprint density at radius 2 is 2.11 bits per heavy atom. The quantitative estimate of drug-likeness (QED) is 0.709. The number of ether oxygens (including phenoxy) is 2. The molecule has 1 aliphatic rings. The van der Waals surface area contributed by atoms with Crippen LogP contribution in [0.15, 0.2) is 18.2 Å². The Hall–Kier alpha value is -2.28. The number of carbonyl (C=O) groups excluding carboxylic acids is 2. The van der Waals surface area contributed by atoms with Crippen molar-refractivity contribution in [3.05, 3.63) is 23.8 Å². The summed E-state index contributed by atoms with van der Waals surface area (Å²) in [5.74, 6) is 1.34. The number of nitrogens with zero attached hydrogens (tertiary/aromatic N) is 2. The lowest BCUT2D eigenvalue weighted by molar-refractivity contribution is -0.138. The molecule has 0 spiro atoms. The molecule has 0 aliphatic carbocycles. The van der Waals surface area contributed by atoms with Crippen molar-refractivity contribution >= 4 is 11.8 Å². The topological polar surface area (TPSA) is 71.1 Å².